The molecule has 1 aromatic carbocycles. The number of carbonyl (C=O) groups is 1. The van der Waals surface area contributed by atoms with Gasteiger partial charge in [-0.2, -0.15) is 0 Å². The van der Waals surface area contributed by atoms with Crippen LogP contribution in [-0.4, -0.2) is 11.1 Å². The number of nitrogens with one attached hydrogen (secondary N) is 1. The first-order chi connectivity index (χ1) is 6.49. The highest BCUT2D eigenvalue weighted by molar-refractivity contribution is 6.31. The van der Waals surface area contributed by atoms with E-state index in [2.05, 4.69) is 0 Å². The highest BCUT2D eigenvalue weighted by Crippen LogP contribution is 2.28. The monoisotopic (exact) mass is 222 g/mol. The fraction of sp³-hybridized carbons (Fsp3) is 0. The van der Waals surface area contributed by atoms with Crippen molar-refractivity contribution < 1.29 is 18.7 Å². The molecule has 0 aromatic heterocycles. The van der Waals surface area contributed by atoms with Gasteiger partial charge in [0.1, 0.15) is 5.02 Å². The van der Waals surface area contributed by atoms with E-state index in [-0.39, 0.29) is 0 Å². The molecule has 0 aliphatic carbocycles. The standard InChI is InChI=1S/C7H3ClF2NO3/c8-4-5(9)2(7(12)13)1-3(11-14)6(4)10/h1,11H,(H,12,13)/q-1. The molecule has 2 N–H and O–H groups in total. The molecule has 76 valence electrons. The number of halogens is 3. The van der Waals surface area contributed by atoms with Crippen molar-refractivity contribution in [1.29, 1.82) is 0 Å². The molecule has 7 heteroatoms. The van der Waals surface area contributed by atoms with Crippen molar-refractivity contribution in [3.8, 4) is 0 Å². The summed E-state index contributed by atoms with van der Waals surface area (Å²) < 4.78 is 25.8. The second-order valence-electron chi connectivity index (χ2n) is 2.32. The maximum Gasteiger partial charge on any atom is 0.338 e. The van der Waals surface area contributed by atoms with Crippen LogP contribution in [0.2, 0.25) is 5.02 Å². The minimum Gasteiger partial charge on any atom is -0.761 e. The number of hydrogen-bond acceptors (Lipinski definition) is 3. The smallest absolute Gasteiger partial charge is 0.338 e. The number of rotatable bonds is 2. The third-order valence-corrected chi connectivity index (χ3v) is 1.82. The van der Waals surface area contributed by atoms with Crippen molar-refractivity contribution in [3.63, 3.8) is 0 Å². The Morgan fingerprint density at radius 1 is 1.50 bits per heavy atom. The van der Waals surface area contributed by atoms with Gasteiger partial charge in [-0.3, -0.25) is 0 Å². The molecule has 1 rings (SSSR count). The van der Waals surface area contributed by atoms with Crippen LogP contribution in [0.5, 0.6) is 0 Å². The average molecular weight is 223 g/mol. The second-order valence-corrected chi connectivity index (χ2v) is 2.70. The van der Waals surface area contributed by atoms with Gasteiger partial charge in [0.2, 0.25) is 0 Å². The van der Waals surface area contributed by atoms with Gasteiger partial charge in [-0.05, 0) is 6.07 Å². The lowest BCUT2D eigenvalue weighted by Crippen LogP contribution is -2.05. The summed E-state index contributed by atoms with van der Waals surface area (Å²) in [7, 11) is 0. The van der Waals surface area contributed by atoms with Crippen LogP contribution < -0.4 is 5.48 Å². The minimum absolute atomic E-state index is 0.534. The Balaban J connectivity index is 3.48. The molecule has 0 unspecified atom stereocenters. The molecule has 0 heterocycles. The van der Waals surface area contributed by atoms with Crippen molar-refractivity contribution in [3.05, 3.63) is 33.5 Å². The Hall–Kier alpha value is -1.40. The van der Waals surface area contributed by atoms with Gasteiger partial charge in [0, 0.05) is 0 Å². The molecule has 0 aliphatic heterocycles. The zero-order valence-electron chi connectivity index (χ0n) is 6.47. The predicted octanol–water partition coefficient (Wildman–Crippen LogP) is 2.23. The fourth-order valence-corrected chi connectivity index (χ4v) is 1.04. The molecule has 0 amide bonds. The number of anilines is 1. The van der Waals surface area contributed by atoms with Gasteiger partial charge in [-0.15, -0.1) is 0 Å². The van der Waals surface area contributed by atoms with Crippen LogP contribution in [-0.2, 0) is 0 Å². The van der Waals surface area contributed by atoms with Gasteiger partial charge < -0.3 is 15.8 Å². The number of carboxylic acid groups (broad SMARTS) is 1. The Labute approximate surface area is 81.7 Å². The zero-order chi connectivity index (χ0) is 10.9. The Kier molecular flexibility index (Phi) is 2.87. The van der Waals surface area contributed by atoms with Crippen LogP contribution in [0.1, 0.15) is 10.4 Å². The van der Waals surface area contributed by atoms with Crippen LogP contribution in [0.15, 0.2) is 6.07 Å². The summed E-state index contributed by atoms with van der Waals surface area (Å²) in [6.07, 6.45) is 0. The second kappa shape index (κ2) is 3.77. The van der Waals surface area contributed by atoms with Crippen molar-refractivity contribution in [2.75, 3.05) is 5.48 Å². The lowest BCUT2D eigenvalue weighted by atomic mass is 10.2. The molecule has 0 bridgehead atoms. The first-order valence-corrected chi connectivity index (χ1v) is 3.65. The van der Waals surface area contributed by atoms with Crippen molar-refractivity contribution >= 4 is 23.3 Å². The first-order valence-electron chi connectivity index (χ1n) is 3.28. The average Bonchev–Trinajstić information content (AvgIpc) is 2.14. The molecular weight excluding hydrogens is 220 g/mol. The van der Waals surface area contributed by atoms with Crippen molar-refractivity contribution in [2.45, 2.75) is 0 Å². The van der Waals surface area contributed by atoms with Crippen LogP contribution >= 0.6 is 11.6 Å². The van der Waals surface area contributed by atoms with Crippen molar-refractivity contribution in [2.24, 2.45) is 0 Å². The van der Waals surface area contributed by atoms with Crippen LogP contribution in [0.25, 0.3) is 0 Å². The fourth-order valence-electron chi connectivity index (χ4n) is 0.834. The Bertz CT molecular complexity index is 397. The molecule has 1 aromatic rings. The van der Waals surface area contributed by atoms with Crippen LogP contribution in [0, 0.1) is 16.8 Å². The van der Waals surface area contributed by atoms with E-state index in [0.717, 1.165) is 5.48 Å². The summed E-state index contributed by atoms with van der Waals surface area (Å²) in [6.45, 7) is 0. The summed E-state index contributed by atoms with van der Waals surface area (Å²) in [5, 5.41) is 17.6. The third-order valence-electron chi connectivity index (χ3n) is 1.49. The minimum atomic E-state index is -1.64. The molecular formula is C7H3ClF2NO3-. The van der Waals surface area contributed by atoms with E-state index in [4.69, 9.17) is 16.7 Å². The number of aromatic carboxylic acids is 1. The lowest BCUT2D eigenvalue weighted by molar-refractivity contribution is 0.0692. The van der Waals surface area contributed by atoms with E-state index >= 15 is 0 Å². The van der Waals surface area contributed by atoms with E-state index < -0.39 is 33.9 Å². The normalized spacial score (nSPS) is 10.0. The molecule has 14 heavy (non-hydrogen) atoms. The summed E-state index contributed by atoms with van der Waals surface area (Å²) in [6, 6.07) is 0.534. The summed E-state index contributed by atoms with van der Waals surface area (Å²) in [5.74, 6) is -4.36. The number of carboxylic acids is 1. The van der Waals surface area contributed by atoms with Gasteiger partial charge in [0.15, 0.2) is 11.6 Å². The van der Waals surface area contributed by atoms with E-state index in [1.807, 2.05) is 0 Å². The van der Waals surface area contributed by atoms with E-state index in [1.165, 1.54) is 0 Å². The van der Waals surface area contributed by atoms with Gasteiger partial charge in [0.25, 0.3) is 0 Å². The zero-order valence-corrected chi connectivity index (χ0v) is 7.23. The molecule has 0 atom stereocenters. The summed E-state index contributed by atoms with van der Waals surface area (Å²) in [5.41, 5.74) is -0.461. The SMILES string of the molecule is O=C(O)c1cc(N[O-])c(F)c(Cl)c1F. The molecule has 0 radical (unpaired) electrons. The van der Waals surface area contributed by atoms with E-state index in [0.29, 0.717) is 6.07 Å². The highest BCUT2D eigenvalue weighted by Gasteiger charge is 2.19. The molecule has 0 saturated heterocycles. The summed E-state index contributed by atoms with van der Waals surface area (Å²) >= 11 is 5.12. The van der Waals surface area contributed by atoms with Crippen LogP contribution in [0.4, 0.5) is 14.5 Å². The molecule has 0 aliphatic rings. The predicted molar refractivity (Wildman–Crippen MR) is 45.3 cm³/mol. The third kappa shape index (κ3) is 1.61. The molecule has 0 fully saturated rings. The van der Waals surface area contributed by atoms with Crippen molar-refractivity contribution in [1.82, 2.24) is 0 Å². The highest BCUT2D eigenvalue weighted by atomic mass is 35.5. The number of benzene rings is 1. The first kappa shape index (κ1) is 10.7. The Morgan fingerprint density at radius 3 is 2.50 bits per heavy atom. The molecule has 4 nitrogen and oxygen atoms in total. The van der Waals surface area contributed by atoms with E-state index in [1.54, 1.807) is 0 Å². The summed E-state index contributed by atoms with van der Waals surface area (Å²) in [4.78, 5) is 10.4. The quantitative estimate of drug-likeness (QED) is 0.594. The lowest BCUT2D eigenvalue weighted by Gasteiger charge is -2.12. The van der Waals surface area contributed by atoms with Gasteiger partial charge in [-0.25, -0.2) is 13.6 Å². The Morgan fingerprint density at radius 2 is 2.07 bits per heavy atom. The molecule has 0 saturated carbocycles. The van der Waals surface area contributed by atoms with Gasteiger partial charge in [-0.1, -0.05) is 11.6 Å². The number of hydrogen-bond donors (Lipinski definition) is 2. The van der Waals surface area contributed by atoms with E-state index in [9.17, 15) is 18.8 Å². The largest absolute Gasteiger partial charge is 0.761 e. The van der Waals surface area contributed by atoms with Gasteiger partial charge >= 0.3 is 5.97 Å². The maximum absolute atomic E-state index is 12.9. The topological polar surface area (TPSA) is 72.4 Å². The van der Waals surface area contributed by atoms with Gasteiger partial charge in [0.05, 0.1) is 11.3 Å². The molecule has 0 spiro atoms. The van der Waals surface area contributed by atoms with Crippen LogP contribution in [0.3, 0.4) is 0 Å². The maximum atomic E-state index is 12.9.